The lowest BCUT2D eigenvalue weighted by molar-refractivity contribution is 0.498. The lowest BCUT2D eigenvalue weighted by Gasteiger charge is -2.31. The van der Waals surface area contributed by atoms with Gasteiger partial charge in [0.05, 0.1) is 5.69 Å². The smallest absolute Gasteiger partial charge is 0.225 e. The summed E-state index contributed by atoms with van der Waals surface area (Å²) < 4.78 is 0. The number of anilines is 1. The molecule has 1 aliphatic heterocycles. The van der Waals surface area contributed by atoms with Gasteiger partial charge in [0, 0.05) is 31.2 Å². The molecule has 3 atom stereocenters. The molecule has 2 N–H and O–H groups in total. The standard InChI is InChI=1S/C14H20N4/c15-11-2-1-5-18(8-11)14-16-7-12-9-3-4-10(6-9)13(12)17-14/h7,9-11H,1-6,8,15H2. The van der Waals surface area contributed by atoms with Crippen LogP contribution in [-0.4, -0.2) is 29.1 Å². The Morgan fingerprint density at radius 2 is 2.11 bits per heavy atom. The van der Waals surface area contributed by atoms with Crippen molar-refractivity contribution >= 4 is 5.95 Å². The summed E-state index contributed by atoms with van der Waals surface area (Å²) in [4.78, 5) is 11.7. The zero-order valence-electron chi connectivity index (χ0n) is 10.7. The van der Waals surface area contributed by atoms with Crippen molar-refractivity contribution in [1.29, 1.82) is 0 Å². The van der Waals surface area contributed by atoms with Gasteiger partial charge < -0.3 is 10.6 Å². The topological polar surface area (TPSA) is 55.0 Å². The quantitative estimate of drug-likeness (QED) is 0.818. The molecule has 4 heteroatoms. The van der Waals surface area contributed by atoms with Gasteiger partial charge in [-0.3, -0.25) is 0 Å². The Balaban J connectivity index is 1.65. The van der Waals surface area contributed by atoms with Gasteiger partial charge in [-0.05, 0) is 43.6 Å². The highest BCUT2D eigenvalue weighted by Gasteiger charge is 2.38. The summed E-state index contributed by atoms with van der Waals surface area (Å²) in [7, 11) is 0. The van der Waals surface area contributed by atoms with E-state index in [1.807, 2.05) is 0 Å². The molecule has 2 aliphatic carbocycles. The number of nitrogens with zero attached hydrogens (tertiary/aromatic N) is 3. The lowest BCUT2D eigenvalue weighted by atomic mass is 9.97. The summed E-state index contributed by atoms with van der Waals surface area (Å²) in [5.74, 6) is 2.38. The van der Waals surface area contributed by atoms with E-state index in [4.69, 9.17) is 10.7 Å². The molecule has 1 saturated carbocycles. The predicted molar refractivity (Wildman–Crippen MR) is 70.8 cm³/mol. The Bertz CT molecular complexity index is 473. The predicted octanol–water partition coefficient (Wildman–Crippen LogP) is 1.77. The second kappa shape index (κ2) is 3.92. The Labute approximate surface area is 108 Å². The van der Waals surface area contributed by atoms with E-state index in [0.717, 1.165) is 37.8 Å². The van der Waals surface area contributed by atoms with Crippen molar-refractivity contribution in [2.45, 2.75) is 50.0 Å². The van der Waals surface area contributed by atoms with E-state index in [1.54, 1.807) is 0 Å². The molecular weight excluding hydrogens is 224 g/mol. The maximum atomic E-state index is 6.04. The first-order valence-corrected chi connectivity index (χ1v) is 7.18. The van der Waals surface area contributed by atoms with E-state index < -0.39 is 0 Å². The fourth-order valence-corrected chi connectivity index (χ4v) is 3.89. The van der Waals surface area contributed by atoms with Crippen LogP contribution < -0.4 is 10.6 Å². The van der Waals surface area contributed by atoms with Crippen LogP contribution in [0.1, 0.15) is 55.2 Å². The van der Waals surface area contributed by atoms with E-state index >= 15 is 0 Å². The third-order valence-electron chi connectivity index (χ3n) is 4.84. The van der Waals surface area contributed by atoms with Crippen molar-refractivity contribution in [3.05, 3.63) is 17.5 Å². The monoisotopic (exact) mass is 244 g/mol. The molecule has 0 amide bonds. The number of fused-ring (bicyclic) bond motifs is 5. The van der Waals surface area contributed by atoms with Crippen LogP contribution in [0.2, 0.25) is 0 Å². The highest BCUT2D eigenvalue weighted by molar-refractivity contribution is 5.41. The van der Waals surface area contributed by atoms with Crippen LogP contribution in [0.25, 0.3) is 0 Å². The van der Waals surface area contributed by atoms with E-state index in [2.05, 4.69) is 16.1 Å². The SMILES string of the molecule is NC1CCCN(c2ncc3c(n2)C2CCC3C2)C1. The van der Waals surface area contributed by atoms with Crippen molar-refractivity contribution < 1.29 is 0 Å². The van der Waals surface area contributed by atoms with Gasteiger partial charge >= 0.3 is 0 Å². The molecule has 3 unspecified atom stereocenters. The van der Waals surface area contributed by atoms with E-state index in [0.29, 0.717) is 5.92 Å². The molecule has 2 fully saturated rings. The van der Waals surface area contributed by atoms with Crippen LogP contribution in [0.3, 0.4) is 0 Å². The Morgan fingerprint density at radius 1 is 1.22 bits per heavy atom. The average molecular weight is 244 g/mol. The summed E-state index contributed by atoms with van der Waals surface area (Å²) >= 11 is 0. The molecule has 0 spiro atoms. The molecule has 1 aromatic heterocycles. The molecular formula is C14H20N4. The van der Waals surface area contributed by atoms with Crippen molar-refractivity contribution in [2.75, 3.05) is 18.0 Å². The molecule has 3 aliphatic rings. The van der Waals surface area contributed by atoms with Crippen LogP contribution in [-0.2, 0) is 0 Å². The molecule has 1 saturated heterocycles. The molecule has 2 heterocycles. The van der Waals surface area contributed by atoms with Gasteiger partial charge in [0.1, 0.15) is 0 Å². The minimum absolute atomic E-state index is 0.284. The van der Waals surface area contributed by atoms with Crippen molar-refractivity contribution in [3.8, 4) is 0 Å². The van der Waals surface area contributed by atoms with Gasteiger partial charge in [-0.25, -0.2) is 9.97 Å². The maximum absolute atomic E-state index is 6.04. The summed E-state index contributed by atoms with van der Waals surface area (Å²) in [6.07, 6.45) is 8.36. The van der Waals surface area contributed by atoms with Crippen LogP contribution >= 0.6 is 0 Å². The van der Waals surface area contributed by atoms with Gasteiger partial charge in [-0.2, -0.15) is 0 Å². The third kappa shape index (κ3) is 1.55. The van der Waals surface area contributed by atoms with Gasteiger partial charge in [0.25, 0.3) is 0 Å². The third-order valence-corrected chi connectivity index (χ3v) is 4.84. The normalized spacial score (nSPS) is 33.8. The second-order valence-electron chi connectivity index (χ2n) is 6.07. The maximum Gasteiger partial charge on any atom is 0.225 e. The molecule has 0 aromatic carbocycles. The van der Waals surface area contributed by atoms with Gasteiger partial charge in [-0.1, -0.05) is 0 Å². The van der Waals surface area contributed by atoms with Crippen LogP contribution in [0.4, 0.5) is 5.95 Å². The highest BCUT2D eigenvalue weighted by Crippen LogP contribution is 2.52. The number of rotatable bonds is 1. The summed E-state index contributed by atoms with van der Waals surface area (Å²) in [6.45, 7) is 1.97. The van der Waals surface area contributed by atoms with E-state index in [-0.39, 0.29) is 6.04 Å². The summed E-state index contributed by atoms with van der Waals surface area (Å²) in [5.41, 5.74) is 8.81. The summed E-state index contributed by atoms with van der Waals surface area (Å²) in [6, 6.07) is 0.284. The van der Waals surface area contributed by atoms with Crippen molar-refractivity contribution in [3.63, 3.8) is 0 Å². The first-order valence-electron chi connectivity index (χ1n) is 7.18. The van der Waals surface area contributed by atoms with Crippen molar-refractivity contribution in [1.82, 2.24) is 9.97 Å². The lowest BCUT2D eigenvalue weighted by Crippen LogP contribution is -2.43. The van der Waals surface area contributed by atoms with Crippen LogP contribution in [0.5, 0.6) is 0 Å². The van der Waals surface area contributed by atoms with Gasteiger partial charge in [0.2, 0.25) is 5.95 Å². The number of piperidine rings is 1. The minimum atomic E-state index is 0.284. The Hall–Kier alpha value is -1.16. The zero-order chi connectivity index (χ0) is 12.1. The Kier molecular flexibility index (Phi) is 2.34. The number of aromatic nitrogens is 2. The zero-order valence-corrected chi connectivity index (χ0v) is 10.7. The molecule has 4 rings (SSSR count). The number of hydrogen-bond donors (Lipinski definition) is 1. The second-order valence-corrected chi connectivity index (χ2v) is 6.07. The van der Waals surface area contributed by atoms with Gasteiger partial charge in [-0.15, -0.1) is 0 Å². The summed E-state index contributed by atoms with van der Waals surface area (Å²) in [5, 5.41) is 0. The number of hydrogen-bond acceptors (Lipinski definition) is 4. The first kappa shape index (κ1) is 10.7. The molecule has 96 valence electrons. The largest absolute Gasteiger partial charge is 0.339 e. The van der Waals surface area contributed by atoms with E-state index in [9.17, 15) is 0 Å². The molecule has 18 heavy (non-hydrogen) atoms. The van der Waals surface area contributed by atoms with Crippen LogP contribution in [0, 0.1) is 0 Å². The first-order chi connectivity index (χ1) is 8.81. The molecule has 1 aromatic rings. The van der Waals surface area contributed by atoms with Crippen LogP contribution in [0.15, 0.2) is 6.20 Å². The highest BCUT2D eigenvalue weighted by atomic mass is 15.3. The minimum Gasteiger partial charge on any atom is -0.339 e. The average Bonchev–Trinajstić information content (AvgIpc) is 3.00. The molecule has 0 radical (unpaired) electrons. The van der Waals surface area contributed by atoms with Crippen molar-refractivity contribution in [2.24, 2.45) is 5.73 Å². The molecule has 2 bridgehead atoms. The Morgan fingerprint density at radius 3 is 3.00 bits per heavy atom. The van der Waals surface area contributed by atoms with E-state index in [1.165, 1.54) is 30.5 Å². The fourth-order valence-electron chi connectivity index (χ4n) is 3.89. The molecule has 4 nitrogen and oxygen atoms in total. The van der Waals surface area contributed by atoms with Gasteiger partial charge in [0.15, 0.2) is 0 Å². The number of nitrogens with two attached hydrogens (primary N) is 1. The fraction of sp³-hybridized carbons (Fsp3) is 0.714.